The first-order valence-electron chi connectivity index (χ1n) is 5.60. The zero-order valence-corrected chi connectivity index (χ0v) is 8.87. The van der Waals surface area contributed by atoms with Gasteiger partial charge in [0.1, 0.15) is 5.82 Å². The summed E-state index contributed by atoms with van der Waals surface area (Å²) in [7, 11) is 0. The van der Waals surface area contributed by atoms with E-state index in [9.17, 15) is 0 Å². The number of hydrogen-bond acceptors (Lipinski definition) is 2. The quantitative estimate of drug-likeness (QED) is 0.712. The number of hydrogen-bond donors (Lipinski definition) is 0. The van der Waals surface area contributed by atoms with Crippen LogP contribution in [0, 0.1) is 0 Å². The molecule has 2 rings (SSSR count). The Morgan fingerprint density at radius 3 is 2.79 bits per heavy atom. The highest BCUT2D eigenvalue weighted by molar-refractivity contribution is 5.46. The molecule has 1 fully saturated rings. The lowest BCUT2D eigenvalue weighted by Crippen LogP contribution is -2.30. The molecular formula is C12H18N2. The summed E-state index contributed by atoms with van der Waals surface area (Å²) in [6.07, 6.45) is 7.01. The molecule has 0 spiro atoms. The molecule has 2 heteroatoms. The Labute approximate surface area is 86.0 Å². The summed E-state index contributed by atoms with van der Waals surface area (Å²) in [5, 5.41) is 0. The Morgan fingerprint density at radius 1 is 1.29 bits per heavy atom. The molecule has 76 valence electrons. The van der Waals surface area contributed by atoms with Crippen LogP contribution in [0.15, 0.2) is 18.3 Å². The number of piperidine rings is 1. The minimum absolute atomic E-state index is 1.08. The van der Waals surface area contributed by atoms with Crippen LogP contribution in [0.4, 0.5) is 5.82 Å². The summed E-state index contributed by atoms with van der Waals surface area (Å²) in [5.41, 5.74) is 1.38. The number of anilines is 1. The van der Waals surface area contributed by atoms with Gasteiger partial charge >= 0.3 is 0 Å². The van der Waals surface area contributed by atoms with E-state index in [1.807, 2.05) is 12.3 Å². The average molecular weight is 190 g/mol. The molecule has 0 bridgehead atoms. The minimum atomic E-state index is 1.08. The van der Waals surface area contributed by atoms with Gasteiger partial charge in [0.05, 0.1) is 0 Å². The highest BCUT2D eigenvalue weighted by atomic mass is 15.2. The van der Waals surface area contributed by atoms with Gasteiger partial charge in [-0.3, -0.25) is 0 Å². The highest BCUT2D eigenvalue weighted by Crippen LogP contribution is 2.21. The van der Waals surface area contributed by atoms with Gasteiger partial charge in [-0.1, -0.05) is 13.0 Å². The van der Waals surface area contributed by atoms with Crippen molar-refractivity contribution in [1.82, 2.24) is 4.98 Å². The van der Waals surface area contributed by atoms with Crippen LogP contribution in [-0.2, 0) is 6.42 Å². The lowest BCUT2D eigenvalue weighted by Gasteiger charge is -2.29. The molecule has 1 aromatic heterocycles. The second-order valence-corrected chi connectivity index (χ2v) is 3.89. The van der Waals surface area contributed by atoms with Crippen molar-refractivity contribution in [2.45, 2.75) is 32.6 Å². The smallest absolute Gasteiger partial charge is 0.131 e. The molecule has 1 aliphatic rings. The lowest BCUT2D eigenvalue weighted by molar-refractivity contribution is 0.572. The number of rotatable bonds is 2. The van der Waals surface area contributed by atoms with Crippen LogP contribution < -0.4 is 4.90 Å². The Morgan fingerprint density at radius 2 is 2.07 bits per heavy atom. The molecule has 1 aliphatic heterocycles. The summed E-state index contributed by atoms with van der Waals surface area (Å²) in [4.78, 5) is 6.93. The maximum Gasteiger partial charge on any atom is 0.131 e. The molecule has 0 unspecified atom stereocenters. The number of nitrogens with zero attached hydrogens (tertiary/aromatic N) is 2. The van der Waals surface area contributed by atoms with Crippen LogP contribution >= 0.6 is 0 Å². The summed E-state index contributed by atoms with van der Waals surface area (Å²) in [6.45, 7) is 4.57. The molecule has 1 aromatic rings. The molecule has 0 amide bonds. The van der Waals surface area contributed by atoms with Gasteiger partial charge < -0.3 is 4.90 Å². The third kappa shape index (κ3) is 1.89. The Bertz CT molecular complexity index is 290. The maximum absolute atomic E-state index is 4.50. The zero-order chi connectivity index (χ0) is 9.80. The second kappa shape index (κ2) is 4.45. The summed E-state index contributed by atoms with van der Waals surface area (Å²) < 4.78 is 0. The molecule has 0 radical (unpaired) electrons. The number of aromatic nitrogens is 1. The molecule has 0 saturated carbocycles. The normalized spacial score (nSPS) is 17.1. The lowest BCUT2D eigenvalue weighted by atomic mass is 10.1. The predicted molar refractivity (Wildman–Crippen MR) is 59.7 cm³/mol. The zero-order valence-electron chi connectivity index (χ0n) is 8.87. The van der Waals surface area contributed by atoms with Crippen LogP contribution in [0.1, 0.15) is 31.7 Å². The molecule has 0 N–H and O–H groups in total. The van der Waals surface area contributed by atoms with Gasteiger partial charge in [-0.2, -0.15) is 0 Å². The molecular weight excluding hydrogens is 172 g/mol. The van der Waals surface area contributed by atoms with Crippen LogP contribution in [0.5, 0.6) is 0 Å². The van der Waals surface area contributed by atoms with Crippen LogP contribution in [0.3, 0.4) is 0 Å². The standard InChI is InChI=1S/C12H18N2/c1-2-11-7-6-8-13-12(11)14-9-4-3-5-10-14/h6-8H,2-5,9-10H2,1H3. The number of aryl methyl sites for hydroxylation is 1. The maximum atomic E-state index is 4.50. The van der Waals surface area contributed by atoms with E-state index < -0.39 is 0 Å². The van der Waals surface area contributed by atoms with Crippen LogP contribution in [0.2, 0.25) is 0 Å². The molecule has 0 aliphatic carbocycles. The van der Waals surface area contributed by atoms with Crippen LogP contribution in [-0.4, -0.2) is 18.1 Å². The van der Waals surface area contributed by atoms with Gasteiger partial charge in [0, 0.05) is 19.3 Å². The Kier molecular flexibility index (Phi) is 3.02. The monoisotopic (exact) mass is 190 g/mol. The van der Waals surface area contributed by atoms with Crippen molar-refractivity contribution in [2.75, 3.05) is 18.0 Å². The molecule has 0 aromatic carbocycles. The van der Waals surface area contributed by atoms with E-state index in [4.69, 9.17) is 0 Å². The third-order valence-corrected chi connectivity index (χ3v) is 2.90. The fourth-order valence-electron chi connectivity index (χ4n) is 2.10. The van der Waals surface area contributed by atoms with E-state index in [0.29, 0.717) is 0 Å². The first-order valence-corrected chi connectivity index (χ1v) is 5.60. The van der Waals surface area contributed by atoms with Crippen LogP contribution in [0.25, 0.3) is 0 Å². The van der Waals surface area contributed by atoms with Crippen molar-refractivity contribution < 1.29 is 0 Å². The van der Waals surface area contributed by atoms with Crippen molar-refractivity contribution in [1.29, 1.82) is 0 Å². The summed E-state index contributed by atoms with van der Waals surface area (Å²) >= 11 is 0. The third-order valence-electron chi connectivity index (χ3n) is 2.90. The fourth-order valence-corrected chi connectivity index (χ4v) is 2.10. The van der Waals surface area contributed by atoms with E-state index in [1.54, 1.807) is 0 Å². The van der Waals surface area contributed by atoms with E-state index in [1.165, 1.54) is 43.7 Å². The van der Waals surface area contributed by atoms with Gasteiger partial charge in [-0.05, 0) is 37.3 Å². The first-order chi connectivity index (χ1) is 6.92. The topological polar surface area (TPSA) is 16.1 Å². The largest absolute Gasteiger partial charge is 0.356 e. The molecule has 2 heterocycles. The van der Waals surface area contributed by atoms with Gasteiger partial charge in [-0.15, -0.1) is 0 Å². The molecule has 1 saturated heterocycles. The van der Waals surface area contributed by atoms with Gasteiger partial charge in [0.25, 0.3) is 0 Å². The molecule has 0 atom stereocenters. The Balaban J connectivity index is 2.20. The van der Waals surface area contributed by atoms with Crippen molar-refractivity contribution in [3.05, 3.63) is 23.9 Å². The summed E-state index contributed by atoms with van der Waals surface area (Å²) in [6, 6.07) is 4.23. The fraction of sp³-hybridized carbons (Fsp3) is 0.583. The van der Waals surface area contributed by atoms with Gasteiger partial charge in [-0.25, -0.2) is 4.98 Å². The molecule has 2 nitrogen and oxygen atoms in total. The van der Waals surface area contributed by atoms with Gasteiger partial charge in [0.2, 0.25) is 0 Å². The Hall–Kier alpha value is -1.05. The van der Waals surface area contributed by atoms with E-state index >= 15 is 0 Å². The van der Waals surface area contributed by atoms with Crippen molar-refractivity contribution in [3.63, 3.8) is 0 Å². The van der Waals surface area contributed by atoms with Gasteiger partial charge in [0.15, 0.2) is 0 Å². The SMILES string of the molecule is CCc1cccnc1N1CCCCC1. The number of pyridine rings is 1. The second-order valence-electron chi connectivity index (χ2n) is 3.89. The summed E-state index contributed by atoms with van der Waals surface area (Å²) in [5.74, 6) is 1.22. The molecule has 14 heavy (non-hydrogen) atoms. The highest BCUT2D eigenvalue weighted by Gasteiger charge is 2.13. The van der Waals surface area contributed by atoms with Crippen molar-refractivity contribution in [2.24, 2.45) is 0 Å². The van der Waals surface area contributed by atoms with E-state index in [2.05, 4.69) is 22.9 Å². The van der Waals surface area contributed by atoms with Crippen molar-refractivity contribution in [3.8, 4) is 0 Å². The van der Waals surface area contributed by atoms with E-state index in [-0.39, 0.29) is 0 Å². The predicted octanol–water partition coefficient (Wildman–Crippen LogP) is 2.63. The first kappa shape index (κ1) is 9.50. The minimum Gasteiger partial charge on any atom is -0.356 e. The average Bonchev–Trinajstić information content (AvgIpc) is 2.30. The van der Waals surface area contributed by atoms with Crippen molar-refractivity contribution >= 4 is 5.82 Å². The van der Waals surface area contributed by atoms with E-state index in [0.717, 1.165) is 6.42 Å².